The van der Waals surface area contributed by atoms with Crippen LogP contribution in [0.25, 0.3) is 0 Å². The maximum Gasteiger partial charge on any atom is 0.236 e. The summed E-state index contributed by atoms with van der Waals surface area (Å²) in [6.07, 6.45) is 0.463. The fourth-order valence-electron chi connectivity index (χ4n) is 1.36. The van der Waals surface area contributed by atoms with Crippen LogP contribution in [0, 0.1) is 6.92 Å². The van der Waals surface area contributed by atoms with E-state index >= 15 is 0 Å². The van der Waals surface area contributed by atoms with E-state index in [1.807, 2.05) is 25.1 Å². The first-order chi connectivity index (χ1) is 8.11. The third kappa shape index (κ3) is 5.60. The number of aliphatic hydroxyl groups excluding tert-OH is 1. The third-order valence-electron chi connectivity index (χ3n) is 2.12. The van der Waals surface area contributed by atoms with E-state index in [9.17, 15) is 9.00 Å². The molecule has 1 aromatic carbocycles. The van der Waals surface area contributed by atoms with Crippen LogP contribution in [0.2, 0.25) is 0 Å². The SMILES string of the molecule is Cc1cccc(NC(=O)CS(=O)CCCO)c1. The molecule has 4 nitrogen and oxygen atoms in total. The number of benzene rings is 1. The van der Waals surface area contributed by atoms with Gasteiger partial charge in [0, 0.05) is 28.8 Å². The van der Waals surface area contributed by atoms with Gasteiger partial charge in [0.15, 0.2) is 0 Å². The van der Waals surface area contributed by atoms with Gasteiger partial charge in [0.25, 0.3) is 0 Å². The summed E-state index contributed by atoms with van der Waals surface area (Å²) in [6, 6.07) is 7.44. The lowest BCUT2D eigenvalue weighted by Gasteiger charge is -2.05. The second kappa shape index (κ2) is 7.19. The van der Waals surface area contributed by atoms with Crippen molar-refractivity contribution in [2.75, 3.05) is 23.4 Å². The molecule has 0 heterocycles. The largest absolute Gasteiger partial charge is 0.396 e. The van der Waals surface area contributed by atoms with E-state index in [0.29, 0.717) is 17.9 Å². The van der Waals surface area contributed by atoms with Crippen molar-refractivity contribution in [2.45, 2.75) is 13.3 Å². The van der Waals surface area contributed by atoms with Gasteiger partial charge in [-0.1, -0.05) is 12.1 Å². The molecule has 5 heteroatoms. The molecular weight excluding hydrogens is 238 g/mol. The summed E-state index contributed by atoms with van der Waals surface area (Å²) in [5.41, 5.74) is 1.78. The molecule has 2 N–H and O–H groups in total. The van der Waals surface area contributed by atoms with Gasteiger partial charge in [-0.2, -0.15) is 0 Å². The van der Waals surface area contributed by atoms with E-state index in [-0.39, 0.29) is 18.3 Å². The van der Waals surface area contributed by atoms with Crippen LogP contribution in [0.4, 0.5) is 5.69 Å². The second-order valence-corrected chi connectivity index (χ2v) is 5.36. The van der Waals surface area contributed by atoms with Crippen molar-refractivity contribution in [3.8, 4) is 0 Å². The molecule has 1 atom stereocenters. The van der Waals surface area contributed by atoms with E-state index in [1.165, 1.54) is 0 Å². The number of amides is 1. The molecule has 0 saturated carbocycles. The predicted octanol–water partition coefficient (Wildman–Crippen LogP) is 1.06. The van der Waals surface area contributed by atoms with Gasteiger partial charge in [0.05, 0.1) is 0 Å². The Morgan fingerprint density at radius 1 is 1.47 bits per heavy atom. The fraction of sp³-hybridized carbons (Fsp3) is 0.417. The van der Waals surface area contributed by atoms with E-state index in [0.717, 1.165) is 5.56 Å². The monoisotopic (exact) mass is 255 g/mol. The highest BCUT2D eigenvalue weighted by atomic mass is 32.2. The van der Waals surface area contributed by atoms with E-state index < -0.39 is 10.8 Å². The van der Waals surface area contributed by atoms with Gasteiger partial charge >= 0.3 is 0 Å². The molecule has 17 heavy (non-hydrogen) atoms. The molecular formula is C12H17NO3S. The zero-order valence-corrected chi connectivity index (χ0v) is 10.6. The summed E-state index contributed by atoms with van der Waals surface area (Å²) >= 11 is 0. The van der Waals surface area contributed by atoms with Crippen LogP contribution in [0.3, 0.4) is 0 Å². The van der Waals surface area contributed by atoms with Gasteiger partial charge in [-0.05, 0) is 31.0 Å². The molecule has 0 aliphatic rings. The van der Waals surface area contributed by atoms with Crippen LogP contribution in [-0.4, -0.2) is 33.3 Å². The quantitative estimate of drug-likeness (QED) is 0.799. The predicted molar refractivity (Wildman–Crippen MR) is 69.4 cm³/mol. The summed E-state index contributed by atoms with van der Waals surface area (Å²) < 4.78 is 11.4. The molecule has 0 aliphatic carbocycles. The minimum atomic E-state index is -1.20. The van der Waals surface area contributed by atoms with E-state index in [2.05, 4.69) is 5.32 Å². The van der Waals surface area contributed by atoms with Gasteiger partial charge in [-0.25, -0.2) is 0 Å². The van der Waals surface area contributed by atoms with Crippen molar-refractivity contribution in [1.29, 1.82) is 0 Å². The molecule has 0 saturated heterocycles. The van der Waals surface area contributed by atoms with Crippen LogP contribution < -0.4 is 5.32 Å². The van der Waals surface area contributed by atoms with Crippen LogP contribution in [-0.2, 0) is 15.6 Å². The molecule has 1 aromatic rings. The van der Waals surface area contributed by atoms with Gasteiger partial charge < -0.3 is 10.4 Å². The first kappa shape index (κ1) is 13.9. The number of carbonyl (C=O) groups excluding carboxylic acids is 1. The van der Waals surface area contributed by atoms with Crippen molar-refractivity contribution in [3.05, 3.63) is 29.8 Å². The van der Waals surface area contributed by atoms with Crippen molar-refractivity contribution >= 4 is 22.4 Å². The average molecular weight is 255 g/mol. The van der Waals surface area contributed by atoms with E-state index in [4.69, 9.17) is 5.11 Å². The van der Waals surface area contributed by atoms with E-state index in [1.54, 1.807) is 6.07 Å². The molecule has 94 valence electrons. The molecule has 0 aliphatic heterocycles. The van der Waals surface area contributed by atoms with Crippen LogP contribution in [0.5, 0.6) is 0 Å². The van der Waals surface area contributed by atoms with Gasteiger partial charge in [-0.15, -0.1) is 0 Å². The Kier molecular flexibility index (Phi) is 5.86. The summed E-state index contributed by atoms with van der Waals surface area (Å²) in [6.45, 7) is 1.94. The molecule has 1 rings (SSSR count). The standard InChI is InChI=1S/C12H17NO3S/c1-10-4-2-5-11(8-10)13-12(15)9-17(16)7-3-6-14/h2,4-5,8,14H,3,6-7,9H2,1H3,(H,13,15). The Labute approximate surface area is 104 Å². The number of aliphatic hydroxyl groups is 1. The summed E-state index contributed by atoms with van der Waals surface area (Å²) in [5, 5.41) is 11.3. The number of nitrogens with one attached hydrogen (secondary N) is 1. The highest BCUT2D eigenvalue weighted by Crippen LogP contribution is 2.09. The Balaban J connectivity index is 2.42. The number of carbonyl (C=O) groups is 1. The molecule has 1 unspecified atom stereocenters. The Morgan fingerprint density at radius 3 is 2.88 bits per heavy atom. The maximum absolute atomic E-state index is 11.5. The molecule has 0 aromatic heterocycles. The lowest BCUT2D eigenvalue weighted by molar-refractivity contribution is -0.113. The average Bonchev–Trinajstić information content (AvgIpc) is 2.26. The first-order valence-electron chi connectivity index (χ1n) is 5.44. The normalized spacial score (nSPS) is 12.1. The Hall–Kier alpha value is -1.20. The van der Waals surface area contributed by atoms with Gasteiger partial charge in [0.1, 0.15) is 5.75 Å². The van der Waals surface area contributed by atoms with Gasteiger partial charge in [0.2, 0.25) is 5.91 Å². The highest BCUT2D eigenvalue weighted by Gasteiger charge is 2.07. The molecule has 0 fully saturated rings. The molecule has 0 spiro atoms. The smallest absolute Gasteiger partial charge is 0.236 e. The second-order valence-electron chi connectivity index (χ2n) is 3.78. The van der Waals surface area contributed by atoms with Crippen molar-refractivity contribution in [2.24, 2.45) is 0 Å². The summed E-state index contributed by atoms with van der Waals surface area (Å²) in [5.74, 6) is 0.0814. The van der Waals surface area contributed by atoms with Crippen molar-refractivity contribution < 1.29 is 14.1 Å². The first-order valence-corrected chi connectivity index (χ1v) is 6.93. The molecule has 0 bridgehead atoms. The lowest BCUT2D eigenvalue weighted by Crippen LogP contribution is -2.21. The molecule has 0 radical (unpaired) electrons. The van der Waals surface area contributed by atoms with Crippen LogP contribution >= 0.6 is 0 Å². The number of aryl methyl sites for hydroxylation is 1. The number of anilines is 1. The van der Waals surface area contributed by atoms with Crippen LogP contribution in [0.1, 0.15) is 12.0 Å². The van der Waals surface area contributed by atoms with Crippen LogP contribution in [0.15, 0.2) is 24.3 Å². The number of hydrogen-bond acceptors (Lipinski definition) is 3. The lowest BCUT2D eigenvalue weighted by atomic mass is 10.2. The minimum Gasteiger partial charge on any atom is -0.396 e. The number of hydrogen-bond donors (Lipinski definition) is 2. The van der Waals surface area contributed by atoms with Gasteiger partial charge in [-0.3, -0.25) is 9.00 Å². The maximum atomic E-state index is 11.5. The fourth-order valence-corrected chi connectivity index (χ4v) is 2.32. The summed E-state index contributed by atoms with van der Waals surface area (Å²) in [4.78, 5) is 11.5. The minimum absolute atomic E-state index is 0.00520. The Bertz CT molecular complexity index is 406. The summed E-state index contributed by atoms with van der Waals surface area (Å²) in [7, 11) is -1.20. The van der Waals surface area contributed by atoms with Crippen molar-refractivity contribution in [3.63, 3.8) is 0 Å². The third-order valence-corrected chi connectivity index (χ3v) is 3.45. The highest BCUT2D eigenvalue weighted by molar-refractivity contribution is 7.85. The zero-order valence-electron chi connectivity index (χ0n) is 9.81. The topological polar surface area (TPSA) is 66.4 Å². The number of rotatable bonds is 6. The molecule has 1 amide bonds. The Morgan fingerprint density at radius 2 is 2.24 bits per heavy atom. The zero-order chi connectivity index (χ0) is 12.7. The van der Waals surface area contributed by atoms with Crippen molar-refractivity contribution in [1.82, 2.24) is 0 Å².